The van der Waals surface area contributed by atoms with E-state index in [0.29, 0.717) is 12.6 Å². The van der Waals surface area contributed by atoms with Crippen LogP contribution < -0.4 is 5.32 Å². The van der Waals surface area contributed by atoms with Crippen molar-refractivity contribution in [3.05, 3.63) is 34.9 Å². The summed E-state index contributed by atoms with van der Waals surface area (Å²) in [5.41, 5.74) is 1.15. The average molecular weight is 265 g/mol. The van der Waals surface area contributed by atoms with Gasteiger partial charge in [-0.05, 0) is 37.4 Å². The highest BCUT2D eigenvalue weighted by Gasteiger charge is 2.28. The van der Waals surface area contributed by atoms with Crippen molar-refractivity contribution in [3.8, 4) is 0 Å². The topological polar surface area (TPSA) is 33.6 Å². The standard InChI is InChI=1S/C14H17ClN2O/c15-12-5-2-1-4-10(12)8-11-9-18-14(17-11)13-6-3-7-16-13/h1-2,4-5,11,13,16H,3,6-9H2. The minimum absolute atomic E-state index is 0.210. The molecule has 18 heavy (non-hydrogen) atoms. The molecule has 2 aliphatic heterocycles. The molecule has 1 N–H and O–H groups in total. The molecule has 1 aromatic carbocycles. The molecule has 2 atom stereocenters. The Morgan fingerprint density at radius 3 is 3.06 bits per heavy atom. The quantitative estimate of drug-likeness (QED) is 0.910. The molecule has 1 aromatic rings. The highest BCUT2D eigenvalue weighted by molar-refractivity contribution is 6.31. The van der Waals surface area contributed by atoms with Crippen LogP contribution in [0.25, 0.3) is 0 Å². The second-order valence-electron chi connectivity index (χ2n) is 4.88. The molecular weight excluding hydrogens is 248 g/mol. The summed E-state index contributed by atoms with van der Waals surface area (Å²) in [5, 5.41) is 4.23. The zero-order valence-corrected chi connectivity index (χ0v) is 11.0. The summed E-state index contributed by atoms with van der Waals surface area (Å²) < 4.78 is 5.71. The Kier molecular flexibility index (Phi) is 3.52. The fourth-order valence-electron chi connectivity index (χ4n) is 2.54. The smallest absolute Gasteiger partial charge is 0.201 e. The van der Waals surface area contributed by atoms with E-state index in [2.05, 4.69) is 16.4 Å². The van der Waals surface area contributed by atoms with Crippen molar-refractivity contribution >= 4 is 17.5 Å². The van der Waals surface area contributed by atoms with Gasteiger partial charge >= 0.3 is 0 Å². The molecule has 3 rings (SSSR count). The molecule has 1 saturated heterocycles. The molecule has 0 spiro atoms. The number of hydrogen-bond acceptors (Lipinski definition) is 3. The fraction of sp³-hybridized carbons (Fsp3) is 0.500. The minimum Gasteiger partial charge on any atom is -0.478 e. The predicted octanol–water partition coefficient (Wildman–Crippen LogP) is 2.43. The number of ether oxygens (including phenoxy) is 1. The molecule has 2 aliphatic rings. The van der Waals surface area contributed by atoms with Gasteiger partial charge in [0, 0.05) is 5.02 Å². The van der Waals surface area contributed by atoms with Crippen LogP contribution in [0.4, 0.5) is 0 Å². The summed E-state index contributed by atoms with van der Waals surface area (Å²) in [6, 6.07) is 8.50. The number of benzene rings is 1. The van der Waals surface area contributed by atoms with Crippen LogP contribution in [0, 0.1) is 0 Å². The molecule has 3 nitrogen and oxygen atoms in total. The summed E-state index contributed by atoms with van der Waals surface area (Å²) >= 11 is 6.16. The fourth-order valence-corrected chi connectivity index (χ4v) is 2.76. The summed E-state index contributed by atoms with van der Waals surface area (Å²) in [6.45, 7) is 1.75. The number of nitrogens with zero attached hydrogens (tertiary/aromatic N) is 1. The lowest BCUT2D eigenvalue weighted by Gasteiger charge is -2.08. The third kappa shape index (κ3) is 2.52. The SMILES string of the molecule is Clc1ccccc1CC1COC(C2CCCN2)=N1. The van der Waals surface area contributed by atoms with Gasteiger partial charge in [-0.25, -0.2) is 4.99 Å². The molecule has 0 aromatic heterocycles. The van der Waals surface area contributed by atoms with E-state index in [0.717, 1.165) is 35.9 Å². The minimum atomic E-state index is 0.210. The van der Waals surface area contributed by atoms with Crippen LogP contribution in [-0.2, 0) is 11.2 Å². The van der Waals surface area contributed by atoms with Crippen molar-refractivity contribution in [1.82, 2.24) is 5.32 Å². The van der Waals surface area contributed by atoms with Gasteiger partial charge in [0.2, 0.25) is 5.90 Å². The van der Waals surface area contributed by atoms with Gasteiger partial charge in [-0.2, -0.15) is 0 Å². The first-order chi connectivity index (χ1) is 8.83. The highest BCUT2D eigenvalue weighted by Crippen LogP contribution is 2.21. The molecule has 0 bridgehead atoms. The van der Waals surface area contributed by atoms with Crippen molar-refractivity contribution in [2.45, 2.75) is 31.3 Å². The van der Waals surface area contributed by atoms with Crippen LogP contribution in [0.1, 0.15) is 18.4 Å². The Bertz CT molecular complexity index is 455. The molecular formula is C14H17ClN2O. The van der Waals surface area contributed by atoms with Crippen molar-refractivity contribution in [3.63, 3.8) is 0 Å². The second kappa shape index (κ2) is 5.29. The van der Waals surface area contributed by atoms with E-state index in [1.165, 1.54) is 6.42 Å². The van der Waals surface area contributed by atoms with Gasteiger partial charge in [-0.1, -0.05) is 29.8 Å². The third-order valence-corrected chi connectivity index (χ3v) is 3.87. The summed E-state index contributed by atoms with van der Waals surface area (Å²) in [6.07, 6.45) is 3.20. The second-order valence-corrected chi connectivity index (χ2v) is 5.28. The van der Waals surface area contributed by atoms with Gasteiger partial charge < -0.3 is 10.1 Å². The van der Waals surface area contributed by atoms with E-state index in [1.54, 1.807) is 0 Å². The molecule has 96 valence electrons. The number of nitrogens with one attached hydrogen (secondary N) is 1. The molecule has 2 unspecified atom stereocenters. The van der Waals surface area contributed by atoms with Crippen LogP contribution in [0.15, 0.2) is 29.3 Å². The third-order valence-electron chi connectivity index (χ3n) is 3.51. The highest BCUT2D eigenvalue weighted by atomic mass is 35.5. The van der Waals surface area contributed by atoms with Crippen molar-refractivity contribution < 1.29 is 4.74 Å². The zero-order valence-electron chi connectivity index (χ0n) is 10.2. The monoisotopic (exact) mass is 264 g/mol. The van der Waals surface area contributed by atoms with Crippen molar-refractivity contribution in [2.24, 2.45) is 4.99 Å². The number of rotatable bonds is 3. The molecule has 2 heterocycles. The zero-order chi connectivity index (χ0) is 12.4. The summed E-state index contributed by atoms with van der Waals surface area (Å²) in [5.74, 6) is 0.893. The van der Waals surface area contributed by atoms with Gasteiger partial charge in [-0.3, -0.25) is 0 Å². The Morgan fingerprint density at radius 2 is 2.28 bits per heavy atom. The largest absolute Gasteiger partial charge is 0.478 e. The Hall–Kier alpha value is -1.06. The first-order valence-corrected chi connectivity index (χ1v) is 6.88. The van der Waals surface area contributed by atoms with Gasteiger partial charge in [0.05, 0.1) is 12.1 Å². The van der Waals surface area contributed by atoms with Crippen LogP contribution in [0.3, 0.4) is 0 Å². The maximum atomic E-state index is 6.16. The summed E-state index contributed by atoms with van der Waals surface area (Å²) in [7, 11) is 0. The molecule has 4 heteroatoms. The van der Waals surface area contributed by atoms with Crippen molar-refractivity contribution in [2.75, 3.05) is 13.2 Å². The van der Waals surface area contributed by atoms with E-state index in [-0.39, 0.29) is 6.04 Å². The lowest BCUT2D eigenvalue weighted by Crippen LogP contribution is -2.30. The molecule has 0 amide bonds. The number of hydrogen-bond donors (Lipinski definition) is 1. The maximum absolute atomic E-state index is 6.16. The summed E-state index contributed by atoms with van der Waals surface area (Å²) in [4.78, 5) is 4.68. The van der Waals surface area contributed by atoms with Gasteiger partial charge in [0.1, 0.15) is 6.61 Å². The lowest BCUT2D eigenvalue weighted by atomic mass is 10.1. The van der Waals surface area contributed by atoms with Crippen molar-refractivity contribution in [1.29, 1.82) is 0 Å². The molecule has 0 saturated carbocycles. The first kappa shape index (κ1) is 12.0. The number of halogens is 1. The normalized spacial score (nSPS) is 27.1. The average Bonchev–Trinajstić information content (AvgIpc) is 3.02. The van der Waals surface area contributed by atoms with E-state index < -0.39 is 0 Å². The van der Waals surface area contributed by atoms with E-state index in [1.807, 2.05) is 18.2 Å². The Labute approximate surface area is 112 Å². The maximum Gasteiger partial charge on any atom is 0.201 e. The molecule has 1 fully saturated rings. The molecule has 0 radical (unpaired) electrons. The molecule has 0 aliphatic carbocycles. The van der Waals surface area contributed by atoms with Gasteiger partial charge in [0.15, 0.2) is 0 Å². The first-order valence-electron chi connectivity index (χ1n) is 6.50. The van der Waals surface area contributed by atoms with E-state index >= 15 is 0 Å². The van der Waals surface area contributed by atoms with Crippen LogP contribution in [-0.4, -0.2) is 31.1 Å². The van der Waals surface area contributed by atoms with Gasteiger partial charge in [0.25, 0.3) is 0 Å². The Balaban J connectivity index is 1.66. The lowest BCUT2D eigenvalue weighted by molar-refractivity contribution is 0.302. The van der Waals surface area contributed by atoms with Crippen LogP contribution >= 0.6 is 11.6 Å². The van der Waals surface area contributed by atoms with E-state index in [4.69, 9.17) is 16.3 Å². The number of aliphatic imine (C=N–C) groups is 1. The van der Waals surface area contributed by atoms with Crippen LogP contribution in [0.2, 0.25) is 5.02 Å². The van der Waals surface area contributed by atoms with E-state index in [9.17, 15) is 0 Å². The van der Waals surface area contributed by atoms with Gasteiger partial charge in [-0.15, -0.1) is 0 Å². The Morgan fingerprint density at radius 1 is 1.39 bits per heavy atom. The predicted molar refractivity (Wildman–Crippen MR) is 73.4 cm³/mol. The van der Waals surface area contributed by atoms with Crippen LogP contribution in [0.5, 0.6) is 0 Å².